The highest BCUT2D eigenvalue weighted by atomic mass is 16.5. The minimum Gasteiger partial charge on any atom is -0.469 e. The number of carbonyl (C=O) groups is 1. The monoisotopic (exact) mass is 357 g/mol. The molecule has 1 unspecified atom stereocenters. The van der Waals surface area contributed by atoms with Crippen LogP contribution in [-0.4, -0.2) is 27.8 Å². The zero-order valence-corrected chi connectivity index (χ0v) is 16.3. The van der Waals surface area contributed by atoms with Crippen molar-refractivity contribution in [2.45, 2.75) is 76.7 Å². The highest BCUT2D eigenvalue weighted by molar-refractivity contribution is 5.74. The average molecular weight is 357 g/mol. The Morgan fingerprint density at radius 2 is 1.92 bits per heavy atom. The Morgan fingerprint density at radius 3 is 2.54 bits per heavy atom. The number of methoxy groups -OCH3 is 1. The van der Waals surface area contributed by atoms with Gasteiger partial charge in [0.1, 0.15) is 11.6 Å². The molecule has 0 radical (unpaired) electrons. The van der Waals surface area contributed by atoms with Gasteiger partial charge in [0.15, 0.2) is 0 Å². The first kappa shape index (κ1) is 17.7. The van der Waals surface area contributed by atoms with Gasteiger partial charge in [0.25, 0.3) is 0 Å². The molecule has 3 aliphatic rings. The zero-order valence-electron chi connectivity index (χ0n) is 16.3. The summed E-state index contributed by atoms with van der Waals surface area (Å²) in [5, 5.41) is 9.25. The maximum Gasteiger partial charge on any atom is 0.309 e. The molecule has 0 saturated heterocycles. The molecule has 142 valence electrons. The second-order valence-electron chi connectivity index (χ2n) is 9.08. The smallest absolute Gasteiger partial charge is 0.309 e. The van der Waals surface area contributed by atoms with Gasteiger partial charge in [-0.3, -0.25) is 4.79 Å². The predicted octanol–water partition coefficient (Wildman–Crippen LogP) is 4.38. The largest absolute Gasteiger partial charge is 0.469 e. The fourth-order valence-electron chi connectivity index (χ4n) is 5.02. The lowest BCUT2D eigenvalue weighted by atomic mass is 9.71. The molecule has 1 aromatic heterocycles. The molecule has 3 fully saturated rings. The summed E-state index contributed by atoms with van der Waals surface area (Å²) in [6, 6.07) is 0.534. The van der Waals surface area contributed by atoms with E-state index in [2.05, 4.69) is 35.2 Å². The number of hydrogen-bond donors (Lipinski definition) is 0. The van der Waals surface area contributed by atoms with E-state index < -0.39 is 0 Å². The first-order valence-corrected chi connectivity index (χ1v) is 10.2. The van der Waals surface area contributed by atoms with Crippen molar-refractivity contribution in [3.63, 3.8) is 0 Å². The van der Waals surface area contributed by atoms with Crippen molar-refractivity contribution in [2.24, 2.45) is 17.8 Å². The van der Waals surface area contributed by atoms with E-state index in [1.807, 2.05) is 0 Å². The average Bonchev–Trinajstić information content (AvgIpc) is 3.19. The Balaban J connectivity index is 1.57. The van der Waals surface area contributed by atoms with E-state index in [9.17, 15) is 4.79 Å². The summed E-state index contributed by atoms with van der Waals surface area (Å²) in [5.41, 5.74) is 1.12. The standard InChI is InChI=1S/C21H31N3O2/c1-12(2)7-14-10-15(11-14)19-22-23-20(24(19)16-5-6-16)17-8-13(3)9-18(17)21(25)26-4/h12,14-18H,3,5-11H2,1-2,4H3/t14-,15+,17?,18-/m0/s1. The molecule has 5 nitrogen and oxygen atoms in total. The first-order valence-electron chi connectivity index (χ1n) is 10.2. The van der Waals surface area contributed by atoms with E-state index in [-0.39, 0.29) is 17.8 Å². The highest BCUT2D eigenvalue weighted by Crippen LogP contribution is 2.50. The minimum absolute atomic E-state index is 0.0725. The van der Waals surface area contributed by atoms with Crippen molar-refractivity contribution in [2.75, 3.05) is 7.11 Å². The Kier molecular flexibility index (Phi) is 4.66. The van der Waals surface area contributed by atoms with E-state index in [4.69, 9.17) is 4.74 Å². The van der Waals surface area contributed by atoms with Crippen molar-refractivity contribution in [1.29, 1.82) is 0 Å². The SMILES string of the molecule is C=C1CC(c2nnc([C@H]3C[C@@H](CC(C)C)C3)n2C2CC2)[C@@H](C(=O)OC)C1. The first-order chi connectivity index (χ1) is 12.5. The molecule has 3 aliphatic carbocycles. The van der Waals surface area contributed by atoms with Crippen LogP contribution in [0.25, 0.3) is 0 Å². The van der Waals surface area contributed by atoms with Crippen LogP contribution in [-0.2, 0) is 9.53 Å². The normalized spacial score (nSPS) is 31.3. The number of ether oxygens (including phenoxy) is 1. The van der Waals surface area contributed by atoms with Gasteiger partial charge in [-0.15, -0.1) is 10.2 Å². The molecule has 0 bridgehead atoms. The lowest BCUT2D eigenvalue weighted by Crippen LogP contribution is -2.27. The van der Waals surface area contributed by atoms with Crippen LogP contribution < -0.4 is 0 Å². The molecular weight excluding hydrogens is 326 g/mol. The third-order valence-corrected chi connectivity index (χ3v) is 6.40. The summed E-state index contributed by atoms with van der Waals surface area (Å²) in [6.45, 7) is 8.74. The number of rotatable bonds is 6. The third kappa shape index (κ3) is 3.21. The summed E-state index contributed by atoms with van der Waals surface area (Å²) in [6.07, 6.45) is 7.73. The molecule has 3 saturated carbocycles. The van der Waals surface area contributed by atoms with Gasteiger partial charge in [0.2, 0.25) is 0 Å². The molecule has 0 aromatic carbocycles. The van der Waals surface area contributed by atoms with Crippen LogP contribution in [0.4, 0.5) is 0 Å². The molecule has 2 atom stereocenters. The molecule has 4 rings (SSSR count). The molecule has 1 aromatic rings. The molecular formula is C21H31N3O2. The fourth-order valence-corrected chi connectivity index (χ4v) is 5.02. The summed E-state index contributed by atoms with van der Waals surface area (Å²) in [7, 11) is 1.47. The van der Waals surface area contributed by atoms with Crippen LogP contribution in [0.3, 0.4) is 0 Å². The molecule has 0 spiro atoms. The summed E-state index contributed by atoms with van der Waals surface area (Å²) in [5.74, 6) is 4.10. The van der Waals surface area contributed by atoms with Crippen molar-refractivity contribution in [1.82, 2.24) is 14.8 Å². The van der Waals surface area contributed by atoms with Gasteiger partial charge in [-0.2, -0.15) is 0 Å². The molecule has 0 N–H and O–H groups in total. The van der Waals surface area contributed by atoms with Gasteiger partial charge in [-0.25, -0.2) is 0 Å². The van der Waals surface area contributed by atoms with E-state index in [0.29, 0.717) is 18.4 Å². The third-order valence-electron chi connectivity index (χ3n) is 6.40. The predicted molar refractivity (Wildman–Crippen MR) is 99.8 cm³/mol. The van der Waals surface area contributed by atoms with E-state index in [0.717, 1.165) is 29.7 Å². The van der Waals surface area contributed by atoms with Crippen LogP contribution in [0.1, 0.15) is 88.3 Å². The van der Waals surface area contributed by atoms with Crippen LogP contribution >= 0.6 is 0 Å². The summed E-state index contributed by atoms with van der Waals surface area (Å²) < 4.78 is 7.45. The van der Waals surface area contributed by atoms with E-state index >= 15 is 0 Å². The van der Waals surface area contributed by atoms with Crippen LogP contribution in [0, 0.1) is 17.8 Å². The Hall–Kier alpha value is -1.65. The van der Waals surface area contributed by atoms with Crippen molar-refractivity contribution >= 4 is 5.97 Å². The summed E-state index contributed by atoms with van der Waals surface area (Å²) >= 11 is 0. The van der Waals surface area contributed by atoms with Crippen molar-refractivity contribution in [3.05, 3.63) is 23.8 Å². The number of carbonyl (C=O) groups excluding carboxylic acids is 1. The topological polar surface area (TPSA) is 57.0 Å². The van der Waals surface area contributed by atoms with Gasteiger partial charge in [0, 0.05) is 17.9 Å². The van der Waals surface area contributed by atoms with Crippen LogP contribution in [0.5, 0.6) is 0 Å². The molecule has 1 heterocycles. The zero-order chi connectivity index (χ0) is 18.4. The van der Waals surface area contributed by atoms with Gasteiger partial charge in [0.05, 0.1) is 13.0 Å². The highest BCUT2D eigenvalue weighted by Gasteiger charge is 2.44. The second kappa shape index (κ2) is 6.82. The Morgan fingerprint density at radius 1 is 1.23 bits per heavy atom. The number of hydrogen-bond acceptors (Lipinski definition) is 4. The Labute approximate surface area is 156 Å². The number of aromatic nitrogens is 3. The van der Waals surface area contributed by atoms with Crippen molar-refractivity contribution in [3.8, 4) is 0 Å². The second-order valence-corrected chi connectivity index (χ2v) is 9.08. The molecule has 26 heavy (non-hydrogen) atoms. The van der Waals surface area contributed by atoms with Crippen molar-refractivity contribution < 1.29 is 9.53 Å². The lowest BCUT2D eigenvalue weighted by molar-refractivity contribution is -0.145. The maximum absolute atomic E-state index is 12.3. The van der Waals surface area contributed by atoms with Gasteiger partial charge in [-0.05, 0) is 56.8 Å². The van der Waals surface area contributed by atoms with Gasteiger partial charge >= 0.3 is 5.97 Å². The summed E-state index contributed by atoms with van der Waals surface area (Å²) in [4.78, 5) is 12.3. The minimum atomic E-state index is -0.155. The molecule has 0 aliphatic heterocycles. The Bertz CT molecular complexity index is 698. The quantitative estimate of drug-likeness (QED) is 0.560. The van der Waals surface area contributed by atoms with Gasteiger partial charge in [-0.1, -0.05) is 26.0 Å². The van der Waals surface area contributed by atoms with E-state index in [1.54, 1.807) is 0 Å². The molecule has 5 heteroatoms. The van der Waals surface area contributed by atoms with Crippen LogP contribution in [0.2, 0.25) is 0 Å². The fraction of sp³-hybridized carbons (Fsp3) is 0.762. The van der Waals surface area contributed by atoms with Crippen LogP contribution in [0.15, 0.2) is 12.2 Å². The van der Waals surface area contributed by atoms with Gasteiger partial charge < -0.3 is 9.30 Å². The number of nitrogens with zero attached hydrogens (tertiary/aromatic N) is 3. The molecule has 0 amide bonds. The van der Waals surface area contributed by atoms with E-state index in [1.165, 1.54) is 45.0 Å². The number of allylic oxidation sites excluding steroid dienone is 1. The number of esters is 1. The lowest BCUT2D eigenvalue weighted by Gasteiger charge is -2.36. The maximum atomic E-state index is 12.3.